The van der Waals surface area contributed by atoms with Crippen molar-refractivity contribution in [2.45, 2.75) is 49.7 Å². The van der Waals surface area contributed by atoms with Crippen LogP contribution >= 0.6 is 23.1 Å². The monoisotopic (exact) mass is 361 g/mol. The second-order valence-electron chi connectivity index (χ2n) is 6.06. The van der Waals surface area contributed by atoms with Gasteiger partial charge < -0.3 is 11.1 Å². The van der Waals surface area contributed by atoms with Gasteiger partial charge in [-0.25, -0.2) is 4.98 Å². The molecule has 0 unspecified atom stereocenters. The maximum Gasteiger partial charge on any atom is 0.275 e. The first-order valence-electron chi connectivity index (χ1n) is 8.41. The number of thiazole rings is 1. The van der Waals surface area contributed by atoms with Gasteiger partial charge in [-0.2, -0.15) is 11.8 Å². The van der Waals surface area contributed by atoms with Gasteiger partial charge in [-0.15, -0.1) is 11.3 Å². The predicted octanol–water partition coefficient (Wildman–Crippen LogP) is 4.42. The normalized spacial score (nSPS) is 15.4. The van der Waals surface area contributed by atoms with Gasteiger partial charge in [-0.3, -0.25) is 4.79 Å². The van der Waals surface area contributed by atoms with E-state index in [4.69, 9.17) is 5.73 Å². The highest BCUT2D eigenvalue weighted by atomic mass is 32.2. The molecule has 4 nitrogen and oxygen atoms in total. The average Bonchev–Trinajstić information content (AvgIpc) is 3.11. The fourth-order valence-corrected chi connectivity index (χ4v) is 4.82. The molecule has 0 atom stereocenters. The summed E-state index contributed by atoms with van der Waals surface area (Å²) in [5.74, 6) is 0.825. The predicted molar refractivity (Wildman–Crippen MR) is 103 cm³/mol. The summed E-state index contributed by atoms with van der Waals surface area (Å²) >= 11 is 3.46. The van der Waals surface area contributed by atoms with Crippen LogP contribution in [0.15, 0.2) is 29.6 Å². The molecule has 0 saturated heterocycles. The maximum absolute atomic E-state index is 12.2. The zero-order chi connectivity index (χ0) is 16.8. The minimum absolute atomic E-state index is 0.178. The van der Waals surface area contributed by atoms with Crippen LogP contribution in [0.25, 0.3) is 0 Å². The van der Waals surface area contributed by atoms with Crippen molar-refractivity contribution >= 4 is 34.7 Å². The van der Waals surface area contributed by atoms with E-state index in [0.717, 1.165) is 21.7 Å². The summed E-state index contributed by atoms with van der Waals surface area (Å²) in [5.41, 5.74) is 8.05. The molecule has 1 heterocycles. The topological polar surface area (TPSA) is 68.0 Å². The van der Waals surface area contributed by atoms with Crippen molar-refractivity contribution in [3.8, 4) is 0 Å². The van der Waals surface area contributed by atoms with E-state index in [2.05, 4.69) is 22.4 Å². The van der Waals surface area contributed by atoms with Crippen LogP contribution in [0.4, 0.5) is 5.69 Å². The zero-order valence-corrected chi connectivity index (χ0v) is 15.3. The first-order valence-corrected chi connectivity index (χ1v) is 10.3. The summed E-state index contributed by atoms with van der Waals surface area (Å²) < 4.78 is 0. The third-order valence-corrected chi connectivity index (χ3v) is 6.50. The molecule has 24 heavy (non-hydrogen) atoms. The molecule has 1 aromatic heterocycles. The molecule has 1 fully saturated rings. The second-order valence-corrected chi connectivity index (χ2v) is 8.29. The van der Waals surface area contributed by atoms with Crippen LogP contribution in [0.3, 0.4) is 0 Å². The summed E-state index contributed by atoms with van der Waals surface area (Å²) in [6.07, 6.45) is 6.81. The number of amides is 1. The third-order valence-electron chi connectivity index (χ3n) is 4.18. The molecule has 1 aliphatic carbocycles. The molecule has 1 saturated carbocycles. The standard InChI is InChI=1S/C18H23N3OS2/c19-10-17-21-16(12-24-17)18(22)20-14-6-4-5-13(9-14)11-23-15-7-2-1-3-8-15/h4-6,9,12,15H,1-3,7-8,10-11,19H2,(H,20,22). The van der Waals surface area contributed by atoms with Crippen molar-refractivity contribution < 1.29 is 4.79 Å². The highest BCUT2D eigenvalue weighted by Gasteiger charge is 2.14. The second kappa shape index (κ2) is 8.65. The number of nitrogens with two attached hydrogens (primary N) is 1. The number of carbonyl (C=O) groups excluding carboxylic acids is 1. The number of nitrogens with zero attached hydrogens (tertiary/aromatic N) is 1. The van der Waals surface area contributed by atoms with Gasteiger partial charge in [0, 0.05) is 28.6 Å². The summed E-state index contributed by atoms with van der Waals surface area (Å²) in [7, 11) is 0. The van der Waals surface area contributed by atoms with Gasteiger partial charge in [-0.1, -0.05) is 31.4 Å². The van der Waals surface area contributed by atoms with E-state index in [1.54, 1.807) is 5.38 Å². The molecule has 1 aromatic carbocycles. The lowest BCUT2D eigenvalue weighted by Gasteiger charge is -2.21. The van der Waals surface area contributed by atoms with Gasteiger partial charge >= 0.3 is 0 Å². The molecule has 2 aromatic rings. The Morgan fingerprint density at radius 3 is 2.92 bits per heavy atom. The number of thioether (sulfide) groups is 1. The molecule has 128 valence electrons. The third kappa shape index (κ3) is 4.82. The fourth-order valence-electron chi connectivity index (χ4n) is 2.89. The molecule has 0 spiro atoms. The van der Waals surface area contributed by atoms with Crippen molar-refractivity contribution in [2.24, 2.45) is 5.73 Å². The van der Waals surface area contributed by atoms with E-state index in [-0.39, 0.29) is 5.91 Å². The van der Waals surface area contributed by atoms with Crippen LogP contribution in [0.1, 0.15) is 53.2 Å². The number of nitrogens with one attached hydrogen (secondary N) is 1. The van der Waals surface area contributed by atoms with E-state index in [1.807, 2.05) is 23.9 Å². The van der Waals surface area contributed by atoms with Crippen molar-refractivity contribution in [1.29, 1.82) is 0 Å². The summed E-state index contributed by atoms with van der Waals surface area (Å²) in [6, 6.07) is 8.10. The van der Waals surface area contributed by atoms with E-state index in [0.29, 0.717) is 12.2 Å². The molecule has 6 heteroatoms. The van der Waals surface area contributed by atoms with Crippen molar-refractivity contribution in [3.05, 3.63) is 45.9 Å². The molecule has 0 aliphatic heterocycles. The quantitative estimate of drug-likeness (QED) is 0.799. The van der Waals surface area contributed by atoms with E-state index in [1.165, 1.54) is 49.0 Å². The molecular weight excluding hydrogens is 338 g/mol. The summed E-state index contributed by atoms with van der Waals surface area (Å²) in [5, 5.41) is 6.25. The molecule has 0 radical (unpaired) electrons. The molecule has 3 rings (SSSR count). The Bertz CT molecular complexity index is 680. The van der Waals surface area contributed by atoms with Gasteiger partial charge in [0.25, 0.3) is 5.91 Å². The summed E-state index contributed by atoms with van der Waals surface area (Å²) in [4.78, 5) is 16.5. The Hall–Kier alpha value is -1.37. The van der Waals surface area contributed by atoms with Crippen LogP contribution in [0.5, 0.6) is 0 Å². The van der Waals surface area contributed by atoms with Crippen molar-refractivity contribution in [3.63, 3.8) is 0 Å². The van der Waals surface area contributed by atoms with Crippen LogP contribution in [0.2, 0.25) is 0 Å². The van der Waals surface area contributed by atoms with Crippen molar-refractivity contribution in [2.75, 3.05) is 5.32 Å². The number of hydrogen-bond acceptors (Lipinski definition) is 5. The minimum atomic E-state index is -0.178. The van der Waals surface area contributed by atoms with Crippen LogP contribution in [0, 0.1) is 0 Å². The molecule has 0 bridgehead atoms. The van der Waals surface area contributed by atoms with Gasteiger partial charge in [0.15, 0.2) is 0 Å². The van der Waals surface area contributed by atoms with E-state index in [9.17, 15) is 4.79 Å². The zero-order valence-electron chi connectivity index (χ0n) is 13.7. The molecular formula is C18H23N3OS2. The Labute approximate surface area is 151 Å². The Kier molecular flexibility index (Phi) is 6.29. The van der Waals surface area contributed by atoms with E-state index < -0.39 is 0 Å². The highest BCUT2D eigenvalue weighted by molar-refractivity contribution is 7.99. The SMILES string of the molecule is NCc1nc(C(=O)Nc2cccc(CSC3CCCCC3)c2)cs1. The lowest BCUT2D eigenvalue weighted by Crippen LogP contribution is -2.13. The number of carbonyl (C=O) groups is 1. The average molecular weight is 362 g/mol. The molecule has 3 N–H and O–H groups in total. The van der Waals surface area contributed by atoms with Crippen LogP contribution in [-0.2, 0) is 12.3 Å². The van der Waals surface area contributed by atoms with E-state index >= 15 is 0 Å². The maximum atomic E-state index is 12.2. The molecule has 1 aliphatic rings. The fraction of sp³-hybridized carbons (Fsp3) is 0.444. The number of aromatic nitrogens is 1. The first-order chi connectivity index (χ1) is 11.7. The Morgan fingerprint density at radius 1 is 1.33 bits per heavy atom. The first kappa shape index (κ1) is 17.5. The lowest BCUT2D eigenvalue weighted by atomic mass is 10.0. The lowest BCUT2D eigenvalue weighted by molar-refractivity contribution is 0.102. The highest BCUT2D eigenvalue weighted by Crippen LogP contribution is 2.30. The number of hydrogen-bond donors (Lipinski definition) is 2. The van der Waals surface area contributed by atoms with Crippen LogP contribution < -0.4 is 11.1 Å². The van der Waals surface area contributed by atoms with Crippen molar-refractivity contribution in [1.82, 2.24) is 4.98 Å². The van der Waals surface area contributed by atoms with Gasteiger partial charge in [0.05, 0.1) is 0 Å². The van der Waals surface area contributed by atoms with Gasteiger partial charge in [-0.05, 0) is 30.5 Å². The number of rotatable bonds is 6. The number of anilines is 1. The van der Waals surface area contributed by atoms with Gasteiger partial charge in [0.1, 0.15) is 10.7 Å². The number of benzene rings is 1. The Morgan fingerprint density at radius 2 is 2.17 bits per heavy atom. The van der Waals surface area contributed by atoms with Crippen LogP contribution in [-0.4, -0.2) is 16.1 Å². The minimum Gasteiger partial charge on any atom is -0.325 e. The van der Waals surface area contributed by atoms with Gasteiger partial charge in [0.2, 0.25) is 0 Å². The Balaban J connectivity index is 1.57. The smallest absolute Gasteiger partial charge is 0.275 e. The largest absolute Gasteiger partial charge is 0.325 e. The molecule has 1 amide bonds. The summed E-state index contributed by atoms with van der Waals surface area (Å²) in [6.45, 7) is 0.367.